The lowest BCUT2D eigenvalue weighted by atomic mass is 9.92. The van der Waals surface area contributed by atoms with E-state index in [0.29, 0.717) is 30.0 Å². The number of alkyl halides is 3. The lowest BCUT2D eigenvalue weighted by molar-refractivity contribution is -0.131. The van der Waals surface area contributed by atoms with Crippen LogP contribution in [0.1, 0.15) is 30.9 Å². The number of para-hydroxylation sites is 1. The molecule has 0 unspecified atom stereocenters. The van der Waals surface area contributed by atoms with Gasteiger partial charge >= 0.3 is 6.43 Å². The van der Waals surface area contributed by atoms with Crippen molar-refractivity contribution in [2.75, 3.05) is 18.0 Å². The van der Waals surface area contributed by atoms with E-state index < -0.39 is 23.9 Å². The standard InChI is InChI=1S/C21H20F3N5O2/c22-17(23)19-28-27-18(31-19)14-6-7-15(26-12-14)13-29(16-4-2-1-3-5-16)20(30)21(24)8-10-25-11-9-21/h1-7,12,17,25H,8-11,13H2. The molecule has 7 nitrogen and oxygen atoms in total. The highest BCUT2D eigenvalue weighted by Crippen LogP contribution is 2.30. The second-order valence-corrected chi connectivity index (χ2v) is 7.23. The number of amides is 1. The molecule has 3 heterocycles. The highest BCUT2D eigenvalue weighted by molar-refractivity contribution is 5.99. The van der Waals surface area contributed by atoms with Crippen molar-refractivity contribution in [1.82, 2.24) is 20.5 Å². The van der Waals surface area contributed by atoms with Gasteiger partial charge in [0.25, 0.3) is 11.8 Å². The van der Waals surface area contributed by atoms with Gasteiger partial charge in [-0.05, 0) is 37.4 Å². The number of carbonyl (C=O) groups is 1. The van der Waals surface area contributed by atoms with Crippen LogP contribution in [0.25, 0.3) is 11.5 Å². The van der Waals surface area contributed by atoms with Crippen LogP contribution in [0.4, 0.5) is 18.9 Å². The second kappa shape index (κ2) is 8.84. The summed E-state index contributed by atoms with van der Waals surface area (Å²) >= 11 is 0. The number of nitrogens with one attached hydrogen (secondary N) is 1. The molecule has 0 atom stereocenters. The van der Waals surface area contributed by atoms with Crippen LogP contribution in [0.2, 0.25) is 0 Å². The molecule has 1 aliphatic heterocycles. The maximum Gasteiger partial charge on any atom is 0.314 e. The zero-order valence-corrected chi connectivity index (χ0v) is 16.5. The Morgan fingerprint density at radius 2 is 1.87 bits per heavy atom. The smallest absolute Gasteiger partial charge is 0.314 e. The van der Waals surface area contributed by atoms with E-state index in [1.807, 2.05) is 6.07 Å². The third-order valence-corrected chi connectivity index (χ3v) is 5.11. The van der Waals surface area contributed by atoms with Gasteiger partial charge in [-0.2, -0.15) is 8.78 Å². The van der Waals surface area contributed by atoms with Crippen molar-refractivity contribution in [2.24, 2.45) is 0 Å². The van der Waals surface area contributed by atoms with E-state index >= 15 is 4.39 Å². The molecular formula is C21H20F3N5O2. The van der Waals surface area contributed by atoms with Gasteiger partial charge in [-0.3, -0.25) is 9.78 Å². The number of rotatable bonds is 6. The molecule has 162 valence electrons. The molecule has 0 spiro atoms. The Labute approximate surface area is 176 Å². The summed E-state index contributed by atoms with van der Waals surface area (Å²) in [5.74, 6) is -1.46. The molecular weight excluding hydrogens is 411 g/mol. The summed E-state index contributed by atoms with van der Waals surface area (Å²) in [6, 6.07) is 12.0. The summed E-state index contributed by atoms with van der Waals surface area (Å²) in [5.41, 5.74) is -0.531. The van der Waals surface area contributed by atoms with Crippen molar-refractivity contribution in [3.8, 4) is 11.5 Å². The number of halogens is 3. The molecule has 3 aromatic rings. The zero-order chi connectivity index (χ0) is 21.8. The second-order valence-electron chi connectivity index (χ2n) is 7.23. The van der Waals surface area contributed by atoms with Crippen molar-refractivity contribution in [2.45, 2.75) is 31.5 Å². The number of aromatic nitrogens is 3. The van der Waals surface area contributed by atoms with Gasteiger partial charge in [0, 0.05) is 24.7 Å². The Bertz CT molecular complexity index is 1020. The number of piperidine rings is 1. The average molecular weight is 431 g/mol. The van der Waals surface area contributed by atoms with Gasteiger partial charge in [-0.15, -0.1) is 10.2 Å². The maximum atomic E-state index is 15.4. The van der Waals surface area contributed by atoms with Crippen molar-refractivity contribution >= 4 is 11.6 Å². The largest absolute Gasteiger partial charge is 0.415 e. The maximum absolute atomic E-state index is 15.4. The van der Waals surface area contributed by atoms with Gasteiger partial charge in [0.1, 0.15) is 0 Å². The van der Waals surface area contributed by atoms with Crippen LogP contribution in [-0.4, -0.2) is 39.8 Å². The van der Waals surface area contributed by atoms with Crippen LogP contribution in [0.15, 0.2) is 53.1 Å². The topological polar surface area (TPSA) is 84.2 Å². The summed E-state index contributed by atoms with van der Waals surface area (Å²) in [5, 5.41) is 9.94. The van der Waals surface area contributed by atoms with Crippen LogP contribution in [0.3, 0.4) is 0 Å². The molecule has 0 radical (unpaired) electrons. The number of hydrogen-bond donors (Lipinski definition) is 1. The molecule has 10 heteroatoms. The summed E-state index contributed by atoms with van der Waals surface area (Å²) in [7, 11) is 0. The predicted octanol–water partition coefficient (Wildman–Crippen LogP) is 3.69. The fourth-order valence-corrected chi connectivity index (χ4v) is 3.41. The number of hydrogen-bond acceptors (Lipinski definition) is 6. The van der Waals surface area contributed by atoms with Gasteiger partial charge in [0.05, 0.1) is 17.8 Å². The van der Waals surface area contributed by atoms with Crippen molar-refractivity contribution in [3.05, 3.63) is 60.2 Å². The van der Waals surface area contributed by atoms with Crippen molar-refractivity contribution in [3.63, 3.8) is 0 Å². The van der Waals surface area contributed by atoms with Crippen LogP contribution < -0.4 is 10.2 Å². The fourth-order valence-electron chi connectivity index (χ4n) is 3.41. The first kappa shape index (κ1) is 21.0. The Hall–Kier alpha value is -3.27. The SMILES string of the molecule is O=C(N(Cc1ccc(-c2nnc(C(F)F)o2)cn1)c1ccccc1)C1(F)CCNCC1. The molecule has 4 rings (SSSR count). The molecule has 1 saturated heterocycles. The Balaban J connectivity index is 1.57. The monoisotopic (exact) mass is 431 g/mol. The number of nitrogens with zero attached hydrogens (tertiary/aromatic N) is 4. The number of benzene rings is 1. The minimum absolute atomic E-state index is 0.0499. The molecule has 1 amide bonds. The van der Waals surface area contributed by atoms with Gasteiger partial charge in [0.15, 0.2) is 5.67 Å². The molecule has 0 aliphatic carbocycles. The number of pyridine rings is 1. The minimum Gasteiger partial charge on any atom is -0.415 e. The molecule has 1 aromatic carbocycles. The Morgan fingerprint density at radius 1 is 1.13 bits per heavy atom. The first-order valence-electron chi connectivity index (χ1n) is 9.80. The van der Waals surface area contributed by atoms with E-state index in [0.717, 1.165) is 0 Å². The normalized spacial score (nSPS) is 15.7. The van der Waals surface area contributed by atoms with Crippen molar-refractivity contribution < 1.29 is 22.4 Å². The predicted molar refractivity (Wildman–Crippen MR) is 106 cm³/mol. The number of anilines is 1. The summed E-state index contributed by atoms with van der Waals surface area (Å²) < 4.78 is 45.6. The molecule has 31 heavy (non-hydrogen) atoms. The van der Waals surface area contributed by atoms with Gasteiger partial charge in [-0.25, -0.2) is 4.39 Å². The Morgan fingerprint density at radius 3 is 2.48 bits per heavy atom. The van der Waals surface area contributed by atoms with Gasteiger partial charge in [-0.1, -0.05) is 18.2 Å². The van der Waals surface area contributed by atoms with E-state index in [1.54, 1.807) is 36.4 Å². The average Bonchev–Trinajstić information content (AvgIpc) is 3.29. The molecule has 1 N–H and O–H groups in total. The van der Waals surface area contributed by atoms with Gasteiger partial charge < -0.3 is 14.6 Å². The zero-order valence-electron chi connectivity index (χ0n) is 16.5. The molecule has 0 bridgehead atoms. The molecule has 1 fully saturated rings. The van der Waals surface area contributed by atoms with Crippen LogP contribution in [0.5, 0.6) is 0 Å². The molecule has 0 saturated carbocycles. The van der Waals surface area contributed by atoms with E-state index in [-0.39, 0.29) is 25.3 Å². The third-order valence-electron chi connectivity index (χ3n) is 5.11. The van der Waals surface area contributed by atoms with Gasteiger partial charge in [0.2, 0.25) is 5.89 Å². The fraction of sp³-hybridized carbons (Fsp3) is 0.333. The first-order chi connectivity index (χ1) is 15.0. The first-order valence-corrected chi connectivity index (χ1v) is 9.80. The molecule has 1 aliphatic rings. The van der Waals surface area contributed by atoms with E-state index in [9.17, 15) is 13.6 Å². The van der Waals surface area contributed by atoms with E-state index in [2.05, 4.69) is 20.5 Å². The van der Waals surface area contributed by atoms with E-state index in [1.165, 1.54) is 11.1 Å². The van der Waals surface area contributed by atoms with Crippen LogP contribution in [-0.2, 0) is 11.3 Å². The Kier molecular flexibility index (Phi) is 5.99. The number of carbonyl (C=O) groups excluding carboxylic acids is 1. The highest BCUT2D eigenvalue weighted by Gasteiger charge is 2.43. The lowest BCUT2D eigenvalue weighted by Gasteiger charge is -2.34. The van der Waals surface area contributed by atoms with Crippen LogP contribution >= 0.6 is 0 Å². The minimum atomic E-state index is -2.86. The summed E-state index contributed by atoms with van der Waals surface area (Å²) in [6.45, 7) is 0.916. The van der Waals surface area contributed by atoms with Crippen molar-refractivity contribution in [1.29, 1.82) is 0 Å². The summed E-state index contributed by atoms with van der Waals surface area (Å²) in [4.78, 5) is 18.8. The lowest BCUT2D eigenvalue weighted by Crippen LogP contribution is -2.51. The molecule has 2 aromatic heterocycles. The quantitative estimate of drug-likeness (QED) is 0.641. The highest BCUT2D eigenvalue weighted by atomic mass is 19.3. The van der Waals surface area contributed by atoms with Crippen LogP contribution in [0, 0.1) is 0 Å². The summed E-state index contributed by atoms with van der Waals surface area (Å²) in [6.07, 6.45) is -1.26. The van der Waals surface area contributed by atoms with E-state index in [4.69, 9.17) is 4.42 Å². The third kappa shape index (κ3) is 4.58.